The number of aromatic nitrogens is 1. The lowest BCUT2D eigenvalue weighted by Gasteiger charge is -2.23. The summed E-state index contributed by atoms with van der Waals surface area (Å²) < 4.78 is 26.5. The number of amides is 1. The van der Waals surface area contributed by atoms with Gasteiger partial charge in [-0.15, -0.1) is 0 Å². The monoisotopic (exact) mass is 373 g/mol. The highest BCUT2D eigenvalue weighted by Crippen LogP contribution is 2.30. The van der Waals surface area contributed by atoms with Gasteiger partial charge >= 0.3 is 0 Å². The first-order chi connectivity index (χ1) is 12.5. The smallest absolute Gasteiger partial charge is 0.254 e. The minimum absolute atomic E-state index is 0.0559. The Bertz CT molecular complexity index is 865. The van der Waals surface area contributed by atoms with Crippen LogP contribution in [0, 0.1) is 0 Å². The number of anilines is 1. The normalized spacial score (nSPS) is 14.0. The Labute approximate surface area is 154 Å². The van der Waals surface area contributed by atoms with E-state index in [1.54, 1.807) is 36.7 Å². The number of sulfonamides is 1. The number of benzene rings is 1. The highest BCUT2D eigenvalue weighted by atomic mass is 32.2. The summed E-state index contributed by atoms with van der Waals surface area (Å²) in [6.45, 7) is 2.31. The topological polar surface area (TPSA) is 79.4 Å². The molecule has 0 unspecified atom stereocenters. The number of rotatable bonds is 8. The SMILES string of the molecule is CCCS(=O)(=O)Nc1cccc(C(=O)N(Cc2cccnc2)C2CC2)c1. The Balaban J connectivity index is 1.78. The van der Waals surface area contributed by atoms with Crippen LogP contribution in [0.5, 0.6) is 0 Å². The largest absolute Gasteiger partial charge is 0.331 e. The van der Waals surface area contributed by atoms with Crippen LogP contribution in [0.1, 0.15) is 42.1 Å². The molecule has 1 aliphatic carbocycles. The Morgan fingerprint density at radius 3 is 2.73 bits per heavy atom. The molecule has 1 N–H and O–H groups in total. The molecule has 6 nitrogen and oxygen atoms in total. The number of carbonyl (C=O) groups excluding carboxylic acids is 1. The van der Waals surface area contributed by atoms with Crippen molar-refractivity contribution in [3.05, 3.63) is 59.9 Å². The van der Waals surface area contributed by atoms with Crippen molar-refractivity contribution in [1.29, 1.82) is 0 Å². The molecular weight excluding hydrogens is 350 g/mol. The molecule has 0 radical (unpaired) electrons. The van der Waals surface area contributed by atoms with Crippen molar-refractivity contribution in [2.45, 2.75) is 38.8 Å². The molecular formula is C19H23N3O3S. The van der Waals surface area contributed by atoms with Gasteiger partial charge < -0.3 is 4.90 Å². The molecule has 1 fully saturated rings. The van der Waals surface area contributed by atoms with Gasteiger partial charge in [-0.1, -0.05) is 19.1 Å². The second-order valence-electron chi connectivity index (χ2n) is 6.53. The van der Waals surface area contributed by atoms with E-state index < -0.39 is 10.0 Å². The minimum Gasteiger partial charge on any atom is -0.331 e. The molecule has 0 saturated heterocycles. The first kappa shape index (κ1) is 18.4. The van der Waals surface area contributed by atoms with Crippen LogP contribution in [-0.2, 0) is 16.6 Å². The quantitative estimate of drug-likeness (QED) is 0.771. The van der Waals surface area contributed by atoms with Crippen LogP contribution in [0.25, 0.3) is 0 Å². The highest BCUT2D eigenvalue weighted by Gasteiger charge is 2.33. The van der Waals surface area contributed by atoms with Crippen molar-refractivity contribution in [3.63, 3.8) is 0 Å². The molecule has 0 atom stereocenters. The number of pyridine rings is 1. The van der Waals surface area contributed by atoms with E-state index in [0.29, 0.717) is 24.2 Å². The summed E-state index contributed by atoms with van der Waals surface area (Å²) in [5.74, 6) is -0.0340. The fourth-order valence-electron chi connectivity index (χ4n) is 2.82. The zero-order valence-corrected chi connectivity index (χ0v) is 15.6. The summed E-state index contributed by atoms with van der Waals surface area (Å²) in [4.78, 5) is 19.0. The summed E-state index contributed by atoms with van der Waals surface area (Å²) >= 11 is 0. The predicted molar refractivity (Wildman–Crippen MR) is 101 cm³/mol. The first-order valence-corrected chi connectivity index (χ1v) is 10.4. The number of hydrogen-bond acceptors (Lipinski definition) is 4. The Hall–Kier alpha value is -2.41. The molecule has 1 aromatic heterocycles. The van der Waals surface area contributed by atoms with Crippen molar-refractivity contribution >= 4 is 21.6 Å². The minimum atomic E-state index is -3.38. The van der Waals surface area contributed by atoms with Crippen LogP contribution in [-0.4, -0.2) is 36.0 Å². The third-order valence-corrected chi connectivity index (χ3v) is 5.67. The number of hydrogen-bond donors (Lipinski definition) is 1. The van der Waals surface area contributed by atoms with Gasteiger partial charge in [-0.05, 0) is 49.1 Å². The average molecular weight is 373 g/mol. The lowest BCUT2D eigenvalue weighted by molar-refractivity contribution is 0.0730. The first-order valence-electron chi connectivity index (χ1n) is 8.79. The van der Waals surface area contributed by atoms with Crippen molar-refractivity contribution < 1.29 is 13.2 Å². The maximum Gasteiger partial charge on any atom is 0.254 e. The summed E-state index contributed by atoms with van der Waals surface area (Å²) in [6.07, 6.45) is 5.99. The molecule has 7 heteroatoms. The van der Waals surface area contributed by atoms with Crippen LogP contribution in [0.3, 0.4) is 0 Å². The van der Waals surface area contributed by atoms with Gasteiger partial charge in [0.1, 0.15) is 0 Å². The fraction of sp³-hybridized carbons (Fsp3) is 0.368. The van der Waals surface area contributed by atoms with Crippen LogP contribution >= 0.6 is 0 Å². The van der Waals surface area contributed by atoms with Crippen LogP contribution in [0.2, 0.25) is 0 Å². The van der Waals surface area contributed by atoms with Gasteiger partial charge in [-0.2, -0.15) is 0 Å². The molecule has 1 amide bonds. The summed E-state index contributed by atoms with van der Waals surface area (Å²) in [5, 5.41) is 0. The second kappa shape index (κ2) is 7.86. The van der Waals surface area contributed by atoms with Crippen LogP contribution in [0.4, 0.5) is 5.69 Å². The van der Waals surface area contributed by atoms with E-state index in [9.17, 15) is 13.2 Å². The number of nitrogens with one attached hydrogen (secondary N) is 1. The molecule has 1 aliphatic rings. The van der Waals surface area contributed by atoms with Gasteiger partial charge in [0, 0.05) is 36.2 Å². The van der Waals surface area contributed by atoms with Gasteiger partial charge in [0.15, 0.2) is 0 Å². The van der Waals surface area contributed by atoms with Crippen molar-refractivity contribution in [3.8, 4) is 0 Å². The lowest BCUT2D eigenvalue weighted by atomic mass is 10.1. The van der Waals surface area contributed by atoms with E-state index in [-0.39, 0.29) is 17.7 Å². The molecule has 3 rings (SSSR count). The van der Waals surface area contributed by atoms with Crippen LogP contribution in [0.15, 0.2) is 48.8 Å². The molecule has 0 aliphatic heterocycles. The van der Waals surface area contributed by atoms with Crippen molar-refractivity contribution in [1.82, 2.24) is 9.88 Å². The van der Waals surface area contributed by atoms with Crippen molar-refractivity contribution in [2.24, 2.45) is 0 Å². The average Bonchev–Trinajstić information content (AvgIpc) is 3.44. The number of nitrogens with zero attached hydrogens (tertiary/aromatic N) is 2. The van der Waals surface area contributed by atoms with Gasteiger partial charge in [0.05, 0.1) is 5.75 Å². The molecule has 0 bridgehead atoms. The maximum absolute atomic E-state index is 13.0. The zero-order chi connectivity index (χ0) is 18.6. The molecule has 138 valence electrons. The Morgan fingerprint density at radius 1 is 1.27 bits per heavy atom. The van der Waals surface area contributed by atoms with E-state index in [1.165, 1.54) is 0 Å². The molecule has 1 heterocycles. The highest BCUT2D eigenvalue weighted by molar-refractivity contribution is 7.92. The van der Waals surface area contributed by atoms with E-state index in [1.807, 2.05) is 24.0 Å². The van der Waals surface area contributed by atoms with Gasteiger partial charge in [0.25, 0.3) is 5.91 Å². The fourth-order valence-corrected chi connectivity index (χ4v) is 3.95. The Morgan fingerprint density at radius 2 is 2.08 bits per heavy atom. The van der Waals surface area contributed by atoms with Gasteiger partial charge in [0.2, 0.25) is 10.0 Å². The van der Waals surface area contributed by atoms with Crippen molar-refractivity contribution in [2.75, 3.05) is 10.5 Å². The Kier molecular flexibility index (Phi) is 5.56. The molecule has 1 aromatic carbocycles. The van der Waals surface area contributed by atoms with E-state index in [0.717, 1.165) is 18.4 Å². The summed E-state index contributed by atoms with van der Waals surface area (Å²) in [7, 11) is -3.38. The molecule has 26 heavy (non-hydrogen) atoms. The molecule has 2 aromatic rings. The van der Waals surface area contributed by atoms with E-state index in [4.69, 9.17) is 0 Å². The van der Waals surface area contributed by atoms with E-state index in [2.05, 4.69) is 9.71 Å². The van der Waals surface area contributed by atoms with Crippen LogP contribution < -0.4 is 4.72 Å². The maximum atomic E-state index is 13.0. The lowest BCUT2D eigenvalue weighted by Crippen LogP contribution is -2.32. The standard InChI is InChI=1S/C19H23N3O3S/c1-2-11-26(24,25)21-17-7-3-6-16(12-17)19(23)22(18-8-9-18)14-15-5-4-10-20-13-15/h3-7,10,12-13,18,21H,2,8-9,11,14H2,1H3. The molecule has 1 saturated carbocycles. The molecule has 0 spiro atoms. The van der Waals surface area contributed by atoms with Gasteiger partial charge in [-0.25, -0.2) is 8.42 Å². The zero-order valence-electron chi connectivity index (χ0n) is 14.8. The summed E-state index contributed by atoms with van der Waals surface area (Å²) in [5.41, 5.74) is 1.88. The van der Waals surface area contributed by atoms with Gasteiger partial charge in [-0.3, -0.25) is 14.5 Å². The second-order valence-corrected chi connectivity index (χ2v) is 8.37. The number of carbonyl (C=O) groups is 1. The summed E-state index contributed by atoms with van der Waals surface area (Å²) in [6, 6.07) is 10.7. The predicted octanol–water partition coefficient (Wildman–Crippen LogP) is 3.04. The van der Waals surface area contributed by atoms with E-state index >= 15 is 0 Å². The third-order valence-electron chi connectivity index (χ3n) is 4.18. The third kappa shape index (κ3) is 4.82.